The normalized spacial score (nSPS) is 13.8. The number of hydrogen-bond donors (Lipinski definition) is 0. The molecule has 4 aromatic rings. The van der Waals surface area contributed by atoms with Crippen LogP contribution in [0.25, 0.3) is 17.0 Å². The quantitative estimate of drug-likeness (QED) is 0.197. The lowest BCUT2D eigenvalue weighted by atomic mass is 10.1. The molecule has 0 amide bonds. The molecular weight excluding hydrogens is 476 g/mol. The Bertz CT molecular complexity index is 1420. The third-order valence-electron chi connectivity index (χ3n) is 4.97. The van der Waals surface area contributed by atoms with Crippen molar-refractivity contribution in [1.29, 1.82) is 0 Å². The van der Waals surface area contributed by atoms with E-state index >= 15 is 0 Å². The van der Waals surface area contributed by atoms with Crippen molar-refractivity contribution in [2.24, 2.45) is 0 Å². The van der Waals surface area contributed by atoms with Crippen LogP contribution in [0.3, 0.4) is 0 Å². The largest absolute Gasteiger partial charge is 0.493 e. The number of ketones is 1. The molecule has 158 valence electrons. The van der Waals surface area contributed by atoms with E-state index in [1.165, 1.54) is 13.2 Å². The van der Waals surface area contributed by atoms with Crippen LogP contribution in [0.5, 0.6) is 17.2 Å². The number of benzene rings is 3. The molecule has 0 N–H and O–H groups in total. The molecule has 0 fully saturated rings. The summed E-state index contributed by atoms with van der Waals surface area (Å²) in [5.41, 5.74) is 1.68. The van der Waals surface area contributed by atoms with Crippen molar-refractivity contribution in [2.45, 2.75) is 0 Å². The molecule has 6 nitrogen and oxygen atoms in total. The fraction of sp³-hybridized carbons (Fsp3) is 0.0400. The van der Waals surface area contributed by atoms with Crippen LogP contribution in [-0.4, -0.2) is 18.9 Å². The summed E-state index contributed by atoms with van der Waals surface area (Å²) >= 11 is 3.46. The maximum Gasteiger partial charge on any atom is 0.379 e. The molecule has 2 heterocycles. The van der Waals surface area contributed by atoms with Crippen molar-refractivity contribution in [3.05, 3.63) is 93.8 Å². The molecule has 0 saturated carbocycles. The Morgan fingerprint density at radius 2 is 1.88 bits per heavy atom. The van der Waals surface area contributed by atoms with Crippen LogP contribution in [0.1, 0.15) is 26.5 Å². The van der Waals surface area contributed by atoms with Crippen LogP contribution >= 0.6 is 15.9 Å². The first-order chi connectivity index (χ1) is 15.5. The van der Waals surface area contributed by atoms with E-state index in [9.17, 15) is 9.59 Å². The fourth-order valence-corrected chi connectivity index (χ4v) is 3.82. The molecule has 0 saturated heterocycles. The van der Waals surface area contributed by atoms with Gasteiger partial charge < -0.3 is 18.6 Å². The number of hydrogen-bond acceptors (Lipinski definition) is 6. The van der Waals surface area contributed by atoms with Gasteiger partial charge in [-0.15, -0.1) is 0 Å². The Hall–Kier alpha value is -3.84. The molecule has 0 bridgehead atoms. The highest BCUT2D eigenvalue weighted by atomic mass is 79.9. The number of furan rings is 1. The molecule has 0 spiro atoms. The van der Waals surface area contributed by atoms with Crippen LogP contribution in [0.2, 0.25) is 0 Å². The lowest BCUT2D eigenvalue weighted by Crippen LogP contribution is -2.07. The summed E-state index contributed by atoms with van der Waals surface area (Å²) in [6, 6.07) is 19.1. The fourth-order valence-electron chi connectivity index (χ4n) is 3.42. The highest BCUT2D eigenvalue weighted by Crippen LogP contribution is 2.36. The average molecular weight is 491 g/mol. The minimum Gasteiger partial charge on any atom is -0.493 e. The number of carbonyl (C=O) groups excluding carboxylic acids is 2. The minimum absolute atomic E-state index is 0.0384. The number of rotatable bonds is 4. The summed E-state index contributed by atoms with van der Waals surface area (Å²) in [7, 11) is 1.53. The van der Waals surface area contributed by atoms with Crippen LogP contribution in [0, 0.1) is 0 Å². The van der Waals surface area contributed by atoms with Crippen molar-refractivity contribution < 1.29 is 28.2 Å². The lowest BCUT2D eigenvalue weighted by molar-refractivity contribution is 0.0703. The van der Waals surface area contributed by atoms with Gasteiger partial charge in [0, 0.05) is 15.9 Å². The second-order valence-electron chi connectivity index (χ2n) is 7.00. The second-order valence-corrected chi connectivity index (χ2v) is 7.85. The summed E-state index contributed by atoms with van der Waals surface area (Å²) < 4.78 is 22.9. The second kappa shape index (κ2) is 8.01. The standard InChI is InChI=1S/C25H15BrO6/c1-29-19-8-4-6-15-12-22(32-24(15)19)25(28)30-16-9-10-17-20(13-16)31-21(23(17)27)11-14-5-2-3-7-18(14)26/h2-13H,1H3/b21-11-. The van der Waals surface area contributed by atoms with Gasteiger partial charge in [0.05, 0.1) is 12.7 Å². The predicted molar refractivity (Wildman–Crippen MR) is 121 cm³/mol. The summed E-state index contributed by atoms with van der Waals surface area (Å²) in [6.07, 6.45) is 1.67. The molecule has 0 radical (unpaired) electrons. The average Bonchev–Trinajstić information content (AvgIpc) is 3.36. The number of ether oxygens (including phenoxy) is 3. The Labute approximate surface area is 191 Å². The molecule has 0 aliphatic carbocycles. The number of methoxy groups -OCH3 is 1. The first kappa shape index (κ1) is 20.1. The van der Waals surface area contributed by atoms with Crippen molar-refractivity contribution in [3.8, 4) is 17.2 Å². The summed E-state index contributed by atoms with van der Waals surface area (Å²) in [5.74, 6) is 0.405. The Morgan fingerprint density at radius 1 is 1.03 bits per heavy atom. The number of carbonyl (C=O) groups is 2. The zero-order valence-corrected chi connectivity index (χ0v) is 18.3. The van der Waals surface area contributed by atoms with Gasteiger partial charge in [-0.25, -0.2) is 4.79 Å². The molecule has 0 unspecified atom stereocenters. The number of esters is 1. The number of Topliss-reactive ketones (excluding diaryl/α,β-unsaturated/α-hetero) is 1. The lowest BCUT2D eigenvalue weighted by Gasteiger charge is -2.04. The number of para-hydroxylation sites is 1. The van der Waals surface area contributed by atoms with Crippen molar-refractivity contribution in [1.82, 2.24) is 0 Å². The summed E-state index contributed by atoms with van der Waals surface area (Å²) in [5, 5.41) is 0.723. The zero-order chi connectivity index (χ0) is 22.2. The molecular formula is C25H15BrO6. The first-order valence-corrected chi connectivity index (χ1v) is 10.4. The number of fused-ring (bicyclic) bond motifs is 2. The van der Waals surface area contributed by atoms with Crippen molar-refractivity contribution >= 4 is 44.7 Å². The molecule has 7 heteroatoms. The van der Waals surface area contributed by atoms with Gasteiger partial charge >= 0.3 is 5.97 Å². The van der Waals surface area contributed by atoms with E-state index in [0.29, 0.717) is 22.6 Å². The van der Waals surface area contributed by atoms with Crippen LogP contribution in [-0.2, 0) is 0 Å². The van der Waals surface area contributed by atoms with Gasteiger partial charge in [0.25, 0.3) is 0 Å². The maximum absolute atomic E-state index is 12.7. The van der Waals surface area contributed by atoms with Gasteiger partial charge in [-0.1, -0.05) is 46.3 Å². The molecule has 32 heavy (non-hydrogen) atoms. The van der Waals surface area contributed by atoms with E-state index in [4.69, 9.17) is 18.6 Å². The third-order valence-corrected chi connectivity index (χ3v) is 5.70. The monoisotopic (exact) mass is 490 g/mol. The molecule has 1 aromatic heterocycles. The van der Waals surface area contributed by atoms with Gasteiger partial charge in [0.2, 0.25) is 11.5 Å². The molecule has 0 atom stereocenters. The molecule has 1 aliphatic rings. The summed E-state index contributed by atoms with van der Waals surface area (Å²) in [6.45, 7) is 0. The summed E-state index contributed by atoms with van der Waals surface area (Å²) in [4.78, 5) is 25.3. The van der Waals surface area contributed by atoms with Crippen LogP contribution in [0.4, 0.5) is 0 Å². The van der Waals surface area contributed by atoms with E-state index in [-0.39, 0.29) is 23.1 Å². The smallest absolute Gasteiger partial charge is 0.379 e. The van der Waals surface area contributed by atoms with E-state index in [2.05, 4.69) is 15.9 Å². The van der Waals surface area contributed by atoms with E-state index in [1.54, 1.807) is 36.4 Å². The predicted octanol–water partition coefficient (Wildman–Crippen LogP) is 6.04. The Kier molecular flexibility index (Phi) is 5.03. The molecule has 3 aromatic carbocycles. The van der Waals surface area contributed by atoms with Crippen LogP contribution in [0.15, 0.2) is 81.4 Å². The topological polar surface area (TPSA) is 75.0 Å². The van der Waals surface area contributed by atoms with Gasteiger partial charge in [0.15, 0.2) is 17.1 Å². The molecule has 1 aliphatic heterocycles. The Morgan fingerprint density at radius 3 is 2.69 bits per heavy atom. The van der Waals surface area contributed by atoms with E-state index < -0.39 is 5.97 Å². The van der Waals surface area contributed by atoms with Gasteiger partial charge in [0.1, 0.15) is 11.5 Å². The first-order valence-electron chi connectivity index (χ1n) is 9.65. The minimum atomic E-state index is -0.670. The van der Waals surface area contributed by atoms with Crippen molar-refractivity contribution in [3.63, 3.8) is 0 Å². The van der Waals surface area contributed by atoms with Gasteiger partial charge in [-0.05, 0) is 42.0 Å². The Balaban J connectivity index is 1.39. The highest BCUT2D eigenvalue weighted by molar-refractivity contribution is 9.10. The maximum atomic E-state index is 12.7. The van der Waals surface area contributed by atoms with Gasteiger partial charge in [-0.2, -0.15) is 0 Å². The van der Waals surface area contributed by atoms with Crippen molar-refractivity contribution in [2.75, 3.05) is 7.11 Å². The number of allylic oxidation sites excluding steroid dienone is 1. The van der Waals surface area contributed by atoms with E-state index in [1.807, 2.05) is 30.3 Å². The molecule has 5 rings (SSSR count). The SMILES string of the molecule is COc1cccc2cc(C(=O)Oc3ccc4c(c3)O/C(=C\c3ccccc3Br)C4=O)oc12. The van der Waals surface area contributed by atoms with Gasteiger partial charge in [-0.3, -0.25) is 4.79 Å². The third kappa shape index (κ3) is 3.56. The highest BCUT2D eigenvalue weighted by Gasteiger charge is 2.28. The zero-order valence-electron chi connectivity index (χ0n) is 16.8. The van der Waals surface area contributed by atoms with Crippen LogP contribution < -0.4 is 14.2 Å². The van der Waals surface area contributed by atoms with E-state index in [0.717, 1.165) is 15.4 Å². The number of halogens is 1.